The molecule has 0 bridgehead atoms. The van der Waals surface area contributed by atoms with Crippen LogP contribution in [-0.2, 0) is 6.42 Å². The fourth-order valence-corrected chi connectivity index (χ4v) is 6.61. The Morgan fingerprint density at radius 1 is 0.875 bits per heavy atom. The van der Waals surface area contributed by atoms with Gasteiger partial charge in [0.25, 0.3) is 0 Å². The first-order valence-electron chi connectivity index (χ1n) is 14.3. The van der Waals surface area contributed by atoms with Crippen LogP contribution < -0.4 is 16.5 Å². The highest BCUT2D eigenvalue weighted by Gasteiger charge is 2.48. The van der Waals surface area contributed by atoms with E-state index in [0.717, 1.165) is 68.7 Å². The van der Waals surface area contributed by atoms with E-state index in [1.807, 2.05) is 6.07 Å². The number of rotatable bonds is 7. The number of aromatic nitrogens is 1. The van der Waals surface area contributed by atoms with E-state index in [0.29, 0.717) is 11.5 Å². The Balaban J connectivity index is 1.30. The first kappa shape index (κ1) is 26.1. The van der Waals surface area contributed by atoms with Crippen molar-refractivity contribution in [1.29, 1.82) is 0 Å². The SMILES string of the molecule is NC(=O)c1ccc(C2CCC3(CC2)CCN(CCc2ccccc2)N3c2cc(-c3ccccc3)ccc2N)nc1. The number of hydrazine groups is 1. The molecule has 1 saturated heterocycles. The van der Waals surface area contributed by atoms with Gasteiger partial charge in [0.15, 0.2) is 0 Å². The van der Waals surface area contributed by atoms with Gasteiger partial charge in [-0.3, -0.25) is 14.8 Å². The van der Waals surface area contributed by atoms with Crippen LogP contribution in [0.3, 0.4) is 0 Å². The summed E-state index contributed by atoms with van der Waals surface area (Å²) >= 11 is 0. The highest BCUT2D eigenvalue weighted by molar-refractivity contribution is 5.92. The molecule has 0 unspecified atom stereocenters. The van der Waals surface area contributed by atoms with Gasteiger partial charge in [0.1, 0.15) is 0 Å². The Kier molecular flexibility index (Phi) is 7.27. The van der Waals surface area contributed by atoms with Gasteiger partial charge in [0.05, 0.1) is 22.5 Å². The van der Waals surface area contributed by atoms with E-state index in [-0.39, 0.29) is 5.54 Å². The van der Waals surface area contributed by atoms with E-state index in [4.69, 9.17) is 11.5 Å². The monoisotopic (exact) mass is 531 g/mol. The third-order valence-electron chi connectivity index (χ3n) is 8.84. The first-order chi connectivity index (χ1) is 19.5. The van der Waals surface area contributed by atoms with Crippen molar-refractivity contribution in [2.45, 2.75) is 50.0 Å². The number of anilines is 2. The molecule has 6 nitrogen and oxygen atoms in total. The van der Waals surface area contributed by atoms with Gasteiger partial charge in [-0.15, -0.1) is 0 Å². The number of hydrogen-bond donors (Lipinski definition) is 2. The predicted molar refractivity (Wildman–Crippen MR) is 162 cm³/mol. The maximum atomic E-state index is 11.5. The summed E-state index contributed by atoms with van der Waals surface area (Å²) in [5.41, 5.74) is 19.4. The van der Waals surface area contributed by atoms with Gasteiger partial charge in [0.2, 0.25) is 5.91 Å². The molecule has 1 saturated carbocycles. The maximum absolute atomic E-state index is 11.5. The molecule has 204 valence electrons. The fraction of sp³-hybridized carbons (Fsp3) is 0.294. The third-order valence-corrected chi connectivity index (χ3v) is 8.84. The van der Waals surface area contributed by atoms with Crippen molar-refractivity contribution in [3.8, 4) is 11.1 Å². The minimum absolute atomic E-state index is 0.0176. The Hall–Kier alpha value is -4.16. The summed E-state index contributed by atoms with van der Waals surface area (Å²) in [5.74, 6) is -0.0602. The summed E-state index contributed by atoms with van der Waals surface area (Å²) in [6.45, 7) is 1.96. The van der Waals surface area contributed by atoms with Crippen LogP contribution >= 0.6 is 0 Å². The first-order valence-corrected chi connectivity index (χ1v) is 14.3. The van der Waals surface area contributed by atoms with Crippen molar-refractivity contribution < 1.29 is 4.79 Å². The number of carbonyl (C=O) groups excluding carboxylic acids is 1. The number of nitrogens with zero attached hydrogens (tertiary/aromatic N) is 3. The van der Waals surface area contributed by atoms with Gasteiger partial charge in [-0.1, -0.05) is 66.7 Å². The molecular weight excluding hydrogens is 494 g/mol. The summed E-state index contributed by atoms with van der Waals surface area (Å²) in [7, 11) is 0. The lowest BCUT2D eigenvalue weighted by Crippen LogP contribution is -2.52. The zero-order chi connectivity index (χ0) is 27.5. The molecule has 1 aliphatic heterocycles. The van der Waals surface area contributed by atoms with Crippen LogP contribution in [0.4, 0.5) is 11.4 Å². The van der Waals surface area contributed by atoms with E-state index < -0.39 is 5.91 Å². The number of amides is 1. The van der Waals surface area contributed by atoms with Gasteiger partial charge in [-0.05, 0) is 79.5 Å². The smallest absolute Gasteiger partial charge is 0.250 e. The van der Waals surface area contributed by atoms with Crippen molar-refractivity contribution >= 4 is 17.3 Å². The Morgan fingerprint density at radius 2 is 1.60 bits per heavy atom. The van der Waals surface area contributed by atoms with Crippen molar-refractivity contribution in [3.63, 3.8) is 0 Å². The van der Waals surface area contributed by atoms with Crippen molar-refractivity contribution in [1.82, 2.24) is 9.99 Å². The van der Waals surface area contributed by atoms with Crippen molar-refractivity contribution in [2.75, 3.05) is 23.8 Å². The van der Waals surface area contributed by atoms with Crippen molar-refractivity contribution in [3.05, 3.63) is 114 Å². The number of benzene rings is 3. The highest BCUT2D eigenvalue weighted by atomic mass is 16.1. The Bertz CT molecular complexity index is 1450. The molecule has 2 aliphatic rings. The van der Waals surface area contributed by atoms with E-state index in [2.05, 4.69) is 93.9 Å². The molecule has 3 aromatic carbocycles. The second-order valence-electron chi connectivity index (χ2n) is 11.2. The molecule has 1 aromatic heterocycles. The summed E-state index contributed by atoms with van der Waals surface area (Å²) in [5, 5.41) is 5.10. The van der Waals surface area contributed by atoms with E-state index in [1.165, 1.54) is 16.7 Å². The zero-order valence-electron chi connectivity index (χ0n) is 22.9. The average Bonchev–Trinajstić information content (AvgIpc) is 3.34. The van der Waals surface area contributed by atoms with Crippen LogP contribution in [0.5, 0.6) is 0 Å². The molecule has 6 rings (SSSR count). The largest absolute Gasteiger partial charge is 0.397 e. The lowest BCUT2D eigenvalue weighted by atomic mass is 9.73. The number of nitrogens with two attached hydrogens (primary N) is 2. The highest BCUT2D eigenvalue weighted by Crippen LogP contribution is 2.49. The van der Waals surface area contributed by atoms with Gasteiger partial charge >= 0.3 is 0 Å². The Labute approximate surface area is 236 Å². The number of nitrogen functional groups attached to an aromatic ring is 1. The van der Waals surface area contributed by atoms with Crippen LogP contribution in [0.1, 0.15) is 59.6 Å². The molecule has 4 aromatic rings. The second-order valence-corrected chi connectivity index (χ2v) is 11.2. The van der Waals surface area contributed by atoms with Gasteiger partial charge in [-0.25, -0.2) is 5.01 Å². The number of carbonyl (C=O) groups is 1. The molecule has 40 heavy (non-hydrogen) atoms. The molecule has 1 spiro atoms. The lowest BCUT2D eigenvalue weighted by molar-refractivity contribution is 0.1000. The summed E-state index contributed by atoms with van der Waals surface area (Å²) < 4.78 is 0. The predicted octanol–water partition coefficient (Wildman–Crippen LogP) is 6.20. The van der Waals surface area contributed by atoms with Gasteiger partial charge in [-0.2, -0.15) is 0 Å². The van der Waals surface area contributed by atoms with Crippen LogP contribution in [0, 0.1) is 0 Å². The van der Waals surface area contributed by atoms with Gasteiger partial charge < -0.3 is 11.5 Å². The van der Waals surface area contributed by atoms with Crippen LogP contribution in [-0.4, -0.2) is 34.5 Å². The molecule has 2 fully saturated rings. The summed E-state index contributed by atoms with van der Waals surface area (Å²) in [6.07, 6.45) is 7.93. The average molecular weight is 532 g/mol. The fourth-order valence-electron chi connectivity index (χ4n) is 6.61. The molecule has 1 amide bonds. The second kappa shape index (κ2) is 11.1. The minimum atomic E-state index is -0.436. The van der Waals surface area contributed by atoms with Crippen molar-refractivity contribution in [2.24, 2.45) is 5.73 Å². The summed E-state index contributed by atoms with van der Waals surface area (Å²) in [4.78, 5) is 16.1. The summed E-state index contributed by atoms with van der Waals surface area (Å²) in [6, 6.07) is 31.5. The standard InChI is InChI=1S/C34H37N5O/c35-30-13-11-28(26-9-5-2-6-10-26)23-32(30)39-34(20-22-38(39)21-17-25-7-3-1-4-8-25)18-15-27(16-19-34)31-14-12-29(24-37-31)33(36)40/h1-14,23-24,27H,15-22,35H2,(H2,36,40). The van der Waals surface area contributed by atoms with Gasteiger partial charge in [0, 0.05) is 30.9 Å². The quantitative estimate of drug-likeness (QED) is 0.277. The molecule has 6 heteroatoms. The lowest BCUT2D eigenvalue weighted by Gasteiger charge is -2.47. The van der Waals surface area contributed by atoms with Crippen LogP contribution in [0.15, 0.2) is 97.2 Å². The third kappa shape index (κ3) is 5.19. The normalized spacial score (nSPS) is 21.1. The Morgan fingerprint density at radius 3 is 2.27 bits per heavy atom. The maximum Gasteiger partial charge on any atom is 0.250 e. The molecular formula is C34H37N5O. The topological polar surface area (TPSA) is 88.5 Å². The minimum Gasteiger partial charge on any atom is -0.397 e. The van der Waals surface area contributed by atoms with Crippen LogP contribution in [0.25, 0.3) is 11.1 Å². The van der Waals surface area contributed by atoms with E-state index in [9.17, 15) is 4.79 Å². The number of pyridine rings is 1. The molecule has 0 radical (unpaired) electrons. The zero-order valence-corrected chi connectivity index (χ0v) is 22.9. The molecule has 2 heterocycles. The molecule has 0 atom stereocenters. The number of primary amides is 1. The molecule has 4 N–H and O–H groups in total. The van der Waals surface area contributed by atoms with E-state index in [1.54, 1.807) is 12.3 Å². The van der Waals surface area contributed by atoms with Crippen LogP contribution in [0.2, 0.25) is 0 Å². The van der Waals surface area contributed by atoms with E-state index >= 15 is 0 Å². The number of hydrogen-bond acceptors (Lipinski definition) is 5. The molecule has 1 aliphatic carbocycles.